The number of thioether (sulfide) groups is 2. The van der Waals surface area contributed by atoms with Gasteiger partial charge in [-0.15, -0.1) is 34.9 Å². The fourth-order valence-corrected chi connectivity index (χ4v) is 12.0. The topological polar surface area (TPSA) is 141 Å². The third kappa shape index (κ3) is 8.78. The highest BCUT2D eigenvalue weighted by Gasteiger charge is 2.59. The van der Waals surface area contributed by atoms with Crippen molar-refractivity contribution in [2.75, 3.05) is 43.9 Å². The van der Waals surface area contributed by atoms with Crippen LogP contribution in [0.1, 0.15) is 39.6 Å². The fourth-order valence-electron chi connectivity index (χ4n) is 8.23. The minimum atomic E-state index is -1.12. The number of ether oxygens (including phenoxy) is 3. The number of carbonyl (C=O) groups excluding carboxylic acids is 3. The number of amides is 2. The molecule has 0 radical (unpaired) electrons. The molecule has 4 atom stereocenters. The van der Waals surface area contributed by atoms with Gasteiger partial charge in [0.15, 0.2) is 16.9 Å². The third-order valence-electron chi connectivity index (χ3n) is 11.4. The van der Waals surface area contributed by atoms with E-state index in [0.29, 0.717) is 23.2 Å². The summed E-state index contributed by atoms with van der Waals surface area (Å²) in [4.78, 5) is 54.5. The van der Waals surface area contributed by atoms with Crippen molar-refractivity contribution in [3.8, 4) is 0 Å². The molecule has 3 saturated heterocycles. The zero-order valence-electron chi connectivity index (χ0n) is 34.8. The number of hydrogen-bond donors (Lipinski definition) is 2. The second kappa shape index (κ2) is 19.4. The van der Waals surface area contributed by atoms with Gasteiger partial charge in [0.2, 0.25) is 5.91 Å². The average molecular weight is 912 g/mol. The number of carbonyl (C=O) groups is 3. The Bertz CT molecular complexity index is 2430. The predicted octanol–water partition coefficient (Wildman–Crippen LogP) is 7.48. The van der Waals surface area contributed by atoms with Crippen molar-refractivity contribution in [2.24, 2.45) is 5.16 Å². The molecule has 2 amide bonds. The van der Waals surface area contributed by atoms with Crippen LogP contribution < -0.4 is 10.6 Å². The molecule has 3 unspecified atom stereocenters. The molecule has 12 nitrogen and oxygen atoms in total. The number of fused-ring (bicyclic) bond motifs is 1. The third-order valence-corrected chi connectivity index (χ3v) is 15.4. The van der Waals surface area contributed by atoms with Gasteiger partial charge in [-0.1, -0.05) is 157 Å². The Morgan fingerprint density at radius 1 is 0.875 bits per heavy atom. The summed E-state index contributed by atoms with van der Waals surface area (Å²) in [5.41, 5.74) is 4.00. The minimum absolute atomic E-state index is 0.0799. The predicted molar refractivity (Wildman–Crippen MR) is 250 cm³/mol. The van der Waals surface area contributed by atoms with Gasteiger partial charge in [-0.25, -0.2) is 4.98 Å². The summed E-state index contributed by atoms with van der Waals surface area (Å²) < 4.78 is 16.5. The van der Waals surface area contributed by atoms with E-state index in [2.05, 4.69) is 52.2 Å². The van der Waals surface area contributed by atoms with Crippen LogP contribution in [0.25, 0.3) is 0 Å². The molecule has 3 fully saturated rings. The lowest BCUT2D eigenvalue weighted by Crippen LogP contribution is -2.75. The van der Waals surface area contributed by atoms with Gasteiger partial charge in [0.25, 0.3) is 5.91 Å². The first-order chi connectivity index (χ1) is 31.4. The van der Waals surface area contributed by atoms with Crippen LogP contribution in [0.3, 0.4) is 0 Å². The molecule has 4 heterocycles. The van der Waals surface area contributed by atoms with Crippen molar-refractivity contribution in [1.82, 2.24) is 15.2 Å². The Hall–Kier alpha value is -5.97. The normalized spacial score (nSPS) is 20.8. The Morgan fingerprint density at radius 3 is 1.97 bits per heavy atom. The van der Waals surface area contributed by atoms with Gasteiger partial charge >= 0.3 is 5.97 Å². The van der Waals surface area contributed by atoms with E-state index in [-0.39, 0.29) is 36.8 Å². The van der Waals surface area contributed by atoms with Gasteiger partial charge in [-0.3, -0.25) is 14.4 Å². The number of rotatable bonds is 16. The lowest BCUT2D eigenvalue weighted by Gasteiger charge is -2.54. The monoisotopic (exact) mass is 911 g/mol. The highest BCUT2D eigenvalue weighted by atomic mass is 32.2. The second-order valence-electron chi connectivity index (χ2n) is 15.4. The van der Waals surface area contributed by atoms with Crippen LogP contribution in [0.15, 0.2) is 162 Å². The van der Waals surface area contributed by atoms with Crippen molar-refractivity contribution in [1.29, 1.82) is 0 Å². The summed E-state index contributed by atoms with van der Waals surface area (Å²) in [7, 11) is 1.36. The lowest BCUT2D eigenvalue weighted by atomic mass is 9.77. The number of anilines is 1. The van der Waals surface area contributed by atoms with E-state index in [1.54, 1.807) is 10.3 Å². The van der Waals surface area contributed by atoms with Crippen LogP contribution in [-0.4, -0.2) is 94.2 Å². The summed E-state index contributed by atoms with van der Waals surface area (Å²) in [5.74, 6) is -0.571. The molecular weight excluding hydrogens is 867 g/mol. The lowest BCUT2D eigenvalue weighted by molar-refractivity contribution is -0.155. The summed E-state index contributed by atoms with van der Waals surface area (Å²) in [5, 5.41) is 12.6. The van der Waals surface area contributed by atoms with Gasteiger partial charge in [0, 0.05) is 23.4 Å². The molecular formula is C49H45N5O7S3. The molecule has 3 aliphatic heterocycles. The Balaban J connectivity index is 0.935. The standard InChI is InChI=1S/C49H45N5O7S3/c1-58-53-40(39-29-62-47(50-39)52-49(35-21-11-4-12-22-35,36-23-13-5-14-24-36)37-25-15-6-16-26-37)43(55)51-41-44(56)54-30-48(31-63-45(41)54,64-28-38-27-59-32-60-38)46(57)61-42(33-17-7-2-8-18-33)34-19-9-3-10-20-34/h2-26,29,38,41-42,45H,27-28,30-32H2,1H3,(H,50,52)(H,51,55)/t38?,41?,45-,48?/m1/s1. The Labute approximate surface area is 383 Å². The zero-order chi connectivity index (χ0) is 43.9. The highest BCUT2D eigenvalue weighted by molar-refractivity contribution is 8.05. The van der Waals surface area contributed by atoms with Crippen molar-refractivity contribution < 1.29 is 33.4 Å². The van der Waals surface area contributed by atoms with Gasteiger partial charge in [-0.05, 0) is 27.8 Å². The van der Waals surface area contributed by atoms with E-state index in [0.717, 1.165) is 27.8 Å². The molecule has 0 aliphatic carbocycles. The maximum atomic E-state index is 14.6. The zero-order valence-corrected chi connectivity index (χ0v) is 37.2. The molecule has 326 valence electrons. The van der Waals surface area contributed by atoms with E-state index < -0.39 is 39.7 Å². The molecule has 9 rings (SSSR count). The number of nitrogens with one attached hydrogen (secondary N) is 2. The molecule has 1 aromatic heterocycles. The van der Waals surface area contributed by atoms with E-state index >= 15 is 0 Å². The molecule has 3 aliphatic rings. The molecule has 0 saturated carbocycles. The molecule has 0 bridgehead atoms. The maximum absolute atomic E-state index is 14.6. The second-order valence-corrected chi connectivity index (χ2v) is 18.8. The van der Waals surface area contributed by atoms with Crippen LogP contribution in [0.2, 0.25) is 0 Å². The van der Waals surface area contributed by atoms with E-state index in [1.165, 1.54) is 42.0 Å². The highest BCUT2D eigenvalue weighted by Crippen LogP contribution is 2.46. The quantitative estimate of drug-likeness (QED) is 0.0329. The van der Waals surface area contributed by atoms with Gasteiger partial charge in [0.05, 0.1) is 12.7 Å². The Kier molecular flexibility index (Phi) is 13.1. The summed E-state index contributed by atoms with van der Waals surface area (Å²) >= 11 is 4.18. The smallest absolute Gasteiger partial charge is 0.325 e. The number of hydrogen-bond acceptors (Lipinski definition) is 13. The van der Waals surface area contributed by atoms with Crippen LogP contribution in [0.4, 0.5) is 5.13 Å². The summed E-state index contributed by atoms with van der Waals surface area (Å²) in [6.07, 6.45) is -0.867. The number of nitrogens with zero attached hydrogens (tertiary/aromatic N) is 3. The molecule has 6 aromatic rings. The number of benzene rings is 5. The largest absolute Gasteiger partial charge is 0.451 e. The number of esters is 1. The summed E-state index contributed by atoms with van der Waals surface area (Å²) in [6, 6.07) is 48.8. The minimum Gasteiger partial charge on any atom is -0.451 e. The number of aromatic nitrogens is 1. The van der Waals surface area contributed by atoms with E-state index in [4.69, 9.17) is 24.0 Å². The first kappa shape index (κ1) is 43.3. The van der Waals surface area contributed by atoms with E-state index in [9.17, 15) is 14.4 Å². The van der Waals surface area contributed by atoms with Crippen LogP contribution in [0, 0.1) is 0 Å². The molecule has 15 heteroatoms. The number of β-lactam (4-membered cyclic amide) rings is 1. The first-order valence-corrected chi connectivity index (χ1v) is 23.7. The molecule has 5 aromatic carbocycles. The van der Waals surface area contributed by atoms with Crippen molar-refractivity contribution >= 4 is 63.5 Å². The van der Waals surface area contributed by atoms with Gasteiger partial charge in [0.1, 0.15) is 41.3 Å². The SMILES string of the molecule is CON=C(C(=O)NC1C(=O)N2CC(SCC3COCO3)(C(=O)OC(c3ccccc3)c3ccccc3)CS[C@H]12)c1csc(NC(c2ccccc2)(c2ccccc2)c2ccccc2)n1. The first-order valence-electron chi connectivity index (χ1n) is 20.8. The van der Waals surface area contributed by atoms with Crippen molar-refractivity contribution in [3.05, 3.63) is 191 Å². The molecule has 2 N–H and O–H groups in total. The Morgan fingerprint density at radius 2 is 1.44 bits per heavy atom. The maximum Gasteiger partial charge on any atom is 0.325 e. The van der Waals surface area contributed by atoms with Crippen LogP contribution in [-0.2, 0) is 39.0 Å². The number of thiazole rings is 1. The van der Waals surface area contributed by atoms with Crippen molar-refractivity contribution in [3.63, 3.8) is 0 Å². The van der Waals surface area contributed by atoms with Crippen LogP contribution >= 0.6 is 34.9 Å². The van der Waals surface area contributed by atoms with Gasteiger partial charge in [-0.2, -0.15) is 0 Å². The van der Waals surface area contributed by atoms with Crippen LogP contribution in [0.5, 0.6) is 0 Å². The van der Waals surface area contributed by atoms with Gasteiger partial charge < -0.3 is 34.6 Å². The fraction of sp³-hybridized carbons (Fsp3) is 0.245. The van der Waals surface area contributed by atoms with Crippen molar-refractivity contribution in [2.45, 2.75) is 33.9 Å². The number of oxime groups is 1. The summed E-state index contributed by atoms with van der Waals surface area (Å²) in [6.45, 7) is 0.699. The van der Waals surface area contributed by atoms with E-state index in [1.807, 2.05) is 115 Å². The molecule has 0 spiro atoms. The average Bonchev–Trinajstić information content (AvgIpc) is 4.07. The molecule has 64 heavy (non-hydrogen) atoms.